The van der Waals surface area contributed by atoms with Crippen molar-refractivity contribution in [2.75, 3.05) is 49.9 Å². The molecule has 10 nitrogen and oxygen atoms in total. The second kappa shape index (κ2) is 12.5. The molecule has 3 N–H and O–H groups in total. The summed E-state index contributed by atoms with van der Waals surface area (Å²) in [5.41, 5.74) is 6.89. The Kier molecular flexibility index (Phi) is 9.46. The summed E-state index contributed by atoms with van der Waals surface area (Å²) >= 11 is 0. The van der Waals surface area contributed by atoms with Gasteiger partial charge in [-0.3, -0.25) is 28.8 Å². The second-order valence-electron chi connectivity index (χ2n) is 9.16. The van der Waals surface area contributed by atoms with E-state index in [4.69, 9.17) is 5.73 Å². The lowest BCUT2D eigenvalue weighted by molar-refractivity contribution is -0.120. The number of carbonyl (C=O) groups is 2. The van der Waals surface area contributed by atoms with E-state index in [-0.39, 0.29) is 29.9 Å². The fourth-order valence-electron chi connectivity index (χ4n) is 4.41. The lowest BCUT2D eigenvalue weighted by Crippen LogP contribution is -2.52. The summed E-state index contributed by atoms with van der Waals surface area (Å²) in [5, 5.41) is 0. The SMILES string of the molecule is CCCCN(C(=O)CN1CCN(C(=O)c2ccc(CC)cc2)CC1)c1c(N)n(CCC)c(=O)[nH]c1=O. The number of hydrogen-bond donors (Lipinski definition) is 2. The molecule has 2 aromatic rings. The number of rotatable bonds is 10. The molecular formula is C26H38N6O4. The average Bonchev–Trinajstić information content (AvgIpc) is 2.88. The zero-order valence-corrected chi connectivity index (χ0v) is 21.6. The Morgan fingerprint density at radius 3 is 2.25 bits per heavy atom. The number of nitrogens with one attached hydrogen (secondary N) is 1. The van der Waals surface area contributed by atoms with E-state index in [1.54, 1.807) is 4.90 Å². The van der Waals surface area contributed by atoms with Crippen LogP contribution in [0.15, 0.2) is 33.9 Å². The maximum Gasteiger partial charge on any atom is 0.330 e. The van der Waals surface area contributed by atoms with Crippen molar-refractivity contribution in [1.29, 1.82) is 0 Å². The molecule has 36 heavy (non-hydrogen) atoms. The molecule has 1 saturated heterocycles. The lowest BCUT2D eigenvalue weighted by atomic mass is 10.1. The molecule has 0 radical (unpaired) electrons. The number of aryl methyl sites for hydroxylation is 1. The number of unbranched alkanes of at least 4 members (excludes halogenated alkanes) is 1. The quantitative estimate of drug-likeness (QED) is 0.514. The maximum absolute atomic E-state index is 13.4. The fourth-order valence-corrected chi connectivity index (χ4v) is 4.41. The van der Waals surface area contributed by atoms with E-state index in [1.807, 2.05) is 43.0 Å². The number of piperazine rings is 1. The van der Waals surface area contributed by atoms with Crippen LogP contribution in [0.2, 0.25) is 0 Å². The van der Waals surface area contributed by atoms with E-state index in [0.29, 0.717) is 57.7 Å². The van der Waals surface area contributed by atoms with Crippen LogP contribution in [0.3, 0.4) is 0 Å². The molecule has 1 fully saturated rings. The summed E-state index contributed by atoms with van der Waals surface area (Å²) < 4.78 is 1.31. The molecule has 2 heterocycles. The van der Waals surface area contributed by atoms with Crippen molar-refractivity contribution in [3.8, 4) is 0 Å². The van der Waals surface area contributed by atoms with E-state index in [2.05, 4.69) is 11.9 Å². The van der Waals surface area contributed by atoms with Crippen molar-refractivity contribution in [2.45, 2.75) is 53.0 Å². The Labute approximate surface area is 211 Å². The Morgan fingerprint density at radius 1 is 1.00 bits per heavy atom. The van der Waals surface area contributed by atoms with E-state index in [9.17, 15) is 19.2 Å². The van der Waals surface area contributed by atoms with Gasteiger partial charge in [-0.25, -0.2) is 4.79 Å². The van der Waals surface area contributed by atoms with Crippen LogP contribution in [0, 0.1) is 0 Å². The third kappa shape index (κ3) is 6.23. The van der Waals surface area contributed by atoms with Crippen molar-refractivity contribution in [3.63, 3.8) is 0 Å². The summed E-state index contributed by atoms with van der Waals surface area (Å²) in [6, 6.07) is 7.68. The molecule has 0 spiro atoms. The van der Waals surface area contributed by atoms with Crippen LogP contribution in [0.25, 0.3) is 0 Å². The zero-order chi connectivity index (χ0) is 26.2. The summed E-state index contributed by atoms with van der Waals surface area (Å²) in [6.07, 6.45) is 3.10. The first-order valence-corrected chi connectivity index (χ1v) is 12.8. The highest BCUT2D eigenvalue weighted by Gasteiger charge is 2.28. The van der Waals surface area contributed by atoms with Crippen LogP contribution in [0.4, 0.5) is 11.5 Å². The molecule has 1 aliphatic heterocycles. The third-order valence-corrected chi connectivity index (χ3v) is 6.60. The number of aromatic nitrogens is 2. The fraction of sp³-hybridized carbons (Fsp3) is 0.538. The monoisotopic (exact) mass is 498 g/mol. The van der Waals surface area contributed by atoms with Gasteiger partial charge in [0, 0.05) is 44.8 Å². The molecule has 0 atom stereocenters. The predicted molar refractivity (Wildman–Crippen MR) is 141 cm³/mol. The van der Waals surface area contributed by atoms with Crippen LogP contribution in [0.1, 0.15) is 56.0 Å². The number of H-pyrrole nitrogens is 1. The van der Waals surface area contributed by atoms with Crippen LogP contribution in [0.5, 0.6) is 0 Å². The van der Waals surface area contributed by atoms with Crippen molar-refractivity contribution < 1.29 is 9.59 Å². The molecule has 0 aliphatic carbocycles. The van der Waals surface area contributed by atoms with Crippen molar-refractivity contribution in [2.24, 2.45) is 0 Å². The van der Waals surface area contributed by atoms with Gasteiger partial charge in [-0.2, -0.15) is 0 Å². The smallest absolute Gasteiger partial charge is 0.330 e. The Hall–Kier alpha value is -3.40. The highest BCUT2D eigenvalue weighted by Crippen LogP contribution is 2.19. The van der Waals surface area contributed by atoms with Crippen molar-refractivity contribution in [1.82, 2.24) is 19.4 Å². The molecule has 196 valence electrons. The third-order valence-electron chi connectivity index (χ3n) is 6.60. The first-order valence-electron chi connectivity index (χ1n) is 12.8. The van der Waals surface area contributed by atoms with Crippen LogP contribution < -0.4 is 21.9 Å². The van der Waals surface area contributed by atoms with Gasteiger partial charge < -0.3 is 15.5 Å². The molecule has 3 rings (SSSR count). The molecule has 10 heteroatoms. The molecule has 2 amide bonds. The number of hydrogen-bond acceptors (Lipinski definition) is 6. The summed E-state index contributed by atoms with van der Waals surface area (Å²) in [5.74, 6) is -0.248. The van der Waals surface area contributed by atoms with Crippen molar-refractivity contribution in [3.05, 3.63) is 56.2 Å². The minimum atomic E-state index is -0.654. The minimum absolute atomic E-state index is 0.00862. The van der Waals surface area contributed by atoms with Gasteiger partial charge in [-0.05, 0) is 37.0 Å². The van der Waals surface area contributed by atoms with Gasteiger partial charge in [-0.1, -0.05) is 39.3 Å². The van der Waals surface area contributed by atoms with Crippen LogP contribution >= 0.6 is 0 Å². The van der Waals surface area contributed by atoms with Gasteiger partial charge in [-0.15, -0.1) is 0 Å². The number of amides is 2. The molecule has 1 aromatic carbocycles. The normalized spacial score (nSPS) is 14.1. The Bertz CT molecular complexity index is 1160. The lowest BCUT2D eigenvalue weighted by Gasteiger charge is -2.35. The number of carbonyl (C=O) groups excluding carboxylic acids is 2. The summed E-state index contributed by atoms with van der Waals surface area (Å²) in [6.45, 7) is 8.89. The highest BCUT2D eigenvalue weighted by molar-refractivity contribution is 5.97. The molecule has 0 bridgehead atoms. The molecule has 0 unspecified atom stereocenters. The number of nitrogens with zero attached hydrogens (tertiary/aromatic N) is 4. The first-order chi connectivity index (χ1) is 17.3. The van der Waals surface area contributed by atoms with E-state index in [1.165, 1.54) is 15.0 Å². The van der Waals surface area contributed by atoms with E-state index in [0.717, 1.165) is 12.8 Å². The Morgan fingerprint density at radius 2 is 1.67 bits per heavy atom. The van der Waals surface area contributed by atoms with Gasteiger partial charge in [0.25, 0.3) is 11.5 Å². The largest absolute Gasteiger partial charge is 0.383 e. The number of benzene rings is 1. The maximum atomic E-state index is 13.4. The number of aromatic amines is 1. The first kappa shape index (κ1) is 27.2. The average molecular weight is 499 g/mol. The predicted octanol–water partition coefficient (Wildman–Crippen LogP) is 1.68. The standard InChI is InChI=1S/C26H38N6O4/c1-4-7-13-31(22-23(27)32(12-5-2)26(36)28-24(22)34)21(33)18-29-14-16-30(17-15-29)25(35)20-10-8-19(6-3)9-11-20/h8-11H,4-7,12-18,27H2,1-3H3,(H,28,34,36). The van der Waals surface area contributed by atoms with E-state index >= 15 is 0 Å². The molecule has 0 saturated carbocycles. The van der Waals surface area contributed by atoms with Gasteiger partial charge in [0.2, 0.25) is 5.91 Å². The molecular weight excluding hydrogens is 460 g/mol. The van der Waals surface area contributed by atoms with Crippen molar-refractivity contribution >= 4 is 23.3 Å². The van der Waals surface area contributed by atoms with Gasteiger partial charge >= 0.3 is 5.69 Å². The highest BCUT2D eigenvalue weighted by atomic mass is 16.2. The van der Waals surface area contributed by atoms with E-state index < -0.39 is 11.2 Å². The number of nitrogens with two attached hydrogens (primary N) is 1. The van der Waals surface area contributed by atoms with Gasteiger partial charge in [0.1, 0.15) is 5.82 Å². The topological polar surface area (TPSA) is 125 Å². The second-order valence-corrected chi connectivity index (χ2v) is 9.16. The Balaban J connectivity index is 1.70. The number of anilines is 2. The molecule has 1 aromatic heterocycles. The number of nitrogen functional groups attached to an aromatic ring is 1. The van der Waals surface area contributed by atoms with Gasteiger partial charge in [0.15, 0.2) is 5.69 Å². The summed E-state index contributed by atoms with van der Waals surface area (Å²) in [4.78, 5) is 58.7. The van der Waals surface area contributed by atoms with Crippen LogP contribution in [-0.4, -0.2) is 70.4 Å². The van der Waals surface area contributed by atoms with Crippen LogP contribution in [-0.2, 0) is 17.8 Å². The molecule has 1 aliphatic rings. The van der Waals surface area contributed by atoms with Gasteiger partial charge in [0.05, 0.1) is 6.54 Å². The minimum Gasteiger partial charge on any atom is -0.383 e. The summed E-state index contributed by atoms with van der Waals surface area (Å²) in [7, 11) is 0. The zero-order valence-electron chi connectivity index (χ0n) is 21.6.